The van der Waals surface area contributed by atoms with Gasteiger partial charge in [0.05, 0.1) is 32.0 Å². The predicted molar refractivity (Wildman–Crippen MR) is 314 cm³/mol. The number of amides is 1. The van der Waals surface area contributed by atoms with Gasteiger partial charge in [-0.3, -0.25) is 4.79 Å². The minimum absolute atomic E-state index is 0.248. The highest BCUT2D eigenvalue weighted by molar-refractivity contribution is 5.76. The van der Waals surface area contributed by atoms with Crippen molar-refractivity contribution < 1.29 is 64.6 Å². The van der Waals surface area contributed by atoms with Crippen LogP contribution in [0.4, 0.5) is 0 Å². The second-order valence-corrected chi connectivity index (χ2v) is 22.9. The van der Waals surface area contributed by atoms with Gasteiger partial charge in [0, 0.05) is 6.42 Å². The number of aliphatic hydroxyl groups excluding tert-OH is 8. The molecule has 2 rings (SSSR count). The van der Waals surface area contributed by atoms with Gasteiger partial charge in [0.15, 0.2) is 12.6 Å². The van der Waals surface area contributed by atoms with Crippen LogP contribution in [0.15, 0.2) is 36.5 Å². The number of carbonyl (C=O) groups excluding carboxylic acids is 1. The van der Waals surface area contributed by atoms with Crippen LogP contribution >= 0.6 is 0 Å². The number of carbonyl (C=O) groups is 1. The molecule has 0 saturated carbocycles. The van der Waals surface area contributed by atoms with Crippen molar-refractivity contribution in [3.63, 3.8) is 0 Å². The lowest BCUT2D eigenvalue weighted by Gasteiger charge is -2.46. The first-order chi connectivity index (χ1) is 38.1. The van der Waals surface area contributed by atoms with Crippen LogP contribution in [-0.2, 0) is 23.7 Å². The van der Waals surface area contributed by atoms with Crippen LogP contribution in [0.25, 0.3) is 0 Å². The van der Waals surface area contributed by atoms with Gasteiger partial charge in [-0.2, -0.15) is 0 Å². The molecule has 2 heterocycles. The van der Waals surface area contributed by atoms with E-state index in [4.69, 9.17) is 18.9 Å². The van der Waals surface area contributed by atoms with Gasteiger partial charge >= 0.3 is 0 Å². The topological polar surface area (TPSA) is 228 Å². The molecule has 1 amide bonds. The van der Waals surface area contributed by atoms with Crippen LogP contribution < -0.4 is 5.32 Å². The van der Waals surface area contributed by atoms with E-state index in [-0.39, 0.29) is 18.9 Å². The van der Waals surface area contributed by atoms with Gasteiger partial charge in [0.2, 0.25) is 5.91 Å². The first-order valence-corrected chi connectivity index (χ1v) is 32.2. The van der Waals surface area contributed by atoms with Gasteiger partial charge < -0.3 is 65.1 Å². The van der Waals surface area contributed by atoms with E-state index < -0.39 is 86.8 Å². The summed E-state index contributed by atoms with van der Waals surface area (Å²) in [5.41, 5.74) is 0. The van der Waals surface area contributed by atoms with Crippen LogP contribution in [0, 0.1) is 0 Å². The van der Waals surface area contributed by atoms with E-state index in [0.717, 1.165) is 44.9 Å². The second-order valence-electron chi connectivity index (χ2n) is 22.9. The first kappa shape index (κ1) is 72.3. The highest BCUT2D eigenvalue weighted by Gasteiger charge is 2.51. The number of hydrogen-bond acceptors (Lipinski definition) is 13. The highest BCUT2D eigenvalue weighted by atomic mass is 16.7. The lowest BCUT2D eigenvalue weighted by atomic mass is 9.97. The molecule has 2 aliphatic heterocycles. The SMILES string of the molecule is CCCCCCCCCCCCC/C=C/CC/C=C/CC/C=C/C(O)C(COC1OC(CO)C(OC2OC(CO)C(O)C(O)C2O)C(O)C1O)NC(=O)CCCCCCCCCCCCCCCCCCCCCCCCC. The number of rotatable bonds is 52. The fourth-order valence-electron chi connectivity index (χ4n) is 10.6. The molecule has 0 aliphatic carbocycles. The zero-order chi connectivity index (χ0) is 56.7. The van der Waals surface area contributed by atoms with Crippen molar-refractivity contribution in [1.82, 2.24) is 5.32 Å². The maximum atomic E-state index is 13.3. The molecule has 2 aliphatic rings. The lowest BCUT2D eigenvalue weighted by molar-refractivity contribution is -0.359. The summed E-state index contributed by atoms with van der Waals surface area (Å²) in [6.07, 6.45) is 44.8. The number of allylic oxidation sites excluding steroid dienone is 5. The molecule has 78 heavy (non-hydrogen) atoms. The van der Waals surface area contributed by atoms with E-state index in [0.29, 0.717) is 12.8 Å². The molecule has 0 aromatic carbocycles. The standard InChI is InChI=1S/C64H119NO13/c1-3-5-7-9-11-13-15-17-19-21-23-25-26-28-30-32-34-36-38-40-42-44-46-48-56(69)65-52(53(68)47-45-43-41-39-37-35-33-31-29-27-24-22-20-18-16-14-12-10-8-6-4-2)51-75-63-61(74)59(72)62(55(50-67)77-63)78-64-60(73)58(71)57(70)54(49-66)76-64/h29,31,37,39,45,47,52-55,57-64,66-68,70-74H,3-28,30,32-36,38,40-44,46,48-51H2,1-2H3,(H,65,69)/b31-29+,39-37+,47-45+. The molecule has 0 aromatic rings. The lowest BCUT2D eigenvalue weighted by Crippen LogP contribution is -2.65. The molecule has 14 nitrogen and oxygen atoms in total. The molecule has 0 bridgehead atoms. The van der Waals surface area contributed by atoms with E-state index in [2.05, 4.69) is 43.5 Å². The summed E-state index contributed by atoms with van der Waals surface area (Å²) in [6, 6.07) is -0.936. The van der Waals surface area contributed by atoms with Crippen LogP contribution in [0.3, 0.4) is 0 Å². The molecule has 0 spiro atoms. The summed E-state index contributed by atoms with van der Waals surface area (Å²) < 4.78 is 22.8. The molecule has 12 unspecified atom stereocenters. The summed E-state index contributed by atoms with van der Waals surface area (Å²) in [7, 11) is 0. The van der Waals surface area contributed by atoms with E-state index in [1.165, 1.54) is 193 Å². The second kappa shape index (κ2) is 49.8. The average Bonchev–Trinajstić information content (AvgIpc) is 3.48. The number of aliphatic hydroxyl groups is 8. The minimum atomic E-state index is -1.79. The van der Waals surface area contributed by atoms with Crippen molar-refractivity contribution in [2.24, 2.45) is 0 Å². The monoisotopic (exact) mass is 1110 g/mol. The molecule has 2 saturated heterocycles. The first-order valence-electron chi connectivity index (χ1n) is 32.2. The summed E-state index contributed by atoms with van der Waals surface area (Å²) in [5.74, 6) is -0.248. The van der Waals surface area contributed by atoms with E-state index in [1.807, 2.05) is 6.08 Å². The molecule has 0 radical (unpaired) electrons. The third kappa shape index (κ3) is 34.6. The minimum Gasteiger partial charge on any atom is -0.394 e. The van der Waals surface area contributed by atoms with Crippen molar-refractivity contribution in [1.29, 1.82) is 0 Å². The summed E-state index contributed by atoms with van der Waals surface area (Å²) in [6.45, 7) is 2.81. The van der Waals surface area contributed by atoms with Crippen LogP contribution in [0.5, 0.6) is 0 Å². The third-order valence-electron chi connectivity index (χ3n) is 15.8. The van der Waals surface area contributed by atoms with Crippen molar-refractivity contribution in [2.75, 3.05) is 19.8 Å². The Labute approximate surface area is 474 Å². The summed E-state index contributed by atoms with van der Waals surface area (Å²) >= 11 is 0. The fourth-order valence-corrected chi connectivity index (χ4v) is 10.6. The number of unbranched alkanes of at least 4 members (excludes halogenated alkanes) is 35. The Morgan fingerprint density at radius 1 is 0.449 bits per heavy atom. The molecule has 2 fully saturated rings. The molecular formula is C64H119NO13. The van der Waals surface area contributed by atoms with Crippen LogP contribution in [0.2, 0.25) is 0 Å². The molecule has 12 atom stereocenters. The highest BCUT2D eigenvalue weighted by Crippen LogP contribution is 2.30. The van der Waals surface area contributed by atoms with Gasteiger partial charge in [-0.25, -0.2) is 0 Å². The predicted octanol–water partition coefficient (Wildman–Crippen LogP) is 11.8. The van der Waals surface area contributed by atoms with E-state index in [9.17, 15) is 45.6 Å². The van der Waals surface area contributed by atoms with E-state index in [1.54, 1.807) is 6.08 Å². The Morgan fingerprint density at radius 3 is 1.26 bits per heavy atom. The zero-order valence-corrected chi connectivity index (χ0v) is 49.4. The van der Waals surface area contributed by atoms with Crippen LogP contribution in [-0.4, -0.2) is 140 Å². The Kier molecular flexibility index (Phi) is 46.2. The number of nitrogens with one attached hydrogen (secondary N) is 1. The molecule has 458 valence electrons. The largest absolute Gasteiger partial charge is 0.394 e. The van der Waals surface area contributed by atoms with E-state index >= 15 is 0 Å². The molecule has 0 aromatic heterocycles. The quantitative estimate of drug-likeness (QED) is 0.0204. The van der Waals surface area contributed by atoms with Gasteiger partial charge in [-0.15, -0.1) is 0 Å². The Hall–Kier alpha value is -1.79. The smallest absolute Gasteiger partial charge is 0.220 e. The Morgan fingerprint density at radius 2 is 0.821 bits per heavy atom. The average molecular weight is 1110 g/mol. The van der Waals surface area contributed by atoms with Crippen molar-refractivity contribution >= 4 is 5.91 Å². The zero-order valence-electron chi connectivity index (χ0n) is 49.4. The van der Waals surface area contributed by atoms with Crippen molar-refractivity contribution in [2.45, 2.75) is 344 Å². The maximum absolute atomic E-state index is 13.3. The van der Waals surface area contributed by atoms with Gasteiger partial charge in [0.1, 0.15) is 48.8 Å². The van der Waals surface area contributed by atoms with Gasteiger partial charge in [0.25, 0.3) is 0 Å². The Bertz CT molecular complexity index is 1450. The Balaban J connectivity index is 1.75. The molecule has 9 N–H and O–H groups in total. The molecular weight excluding hydrogens is 991 g/mol. The van der Waals surface area contributed by atoms with Gasteiger partial charge in [-0.05, 0) is 44.9 Å². The van der Waals surface area contributed by atoms with Crippen LogP contribution in [0.1, 0.15) is 271 Å². The maximum Gasteiger partial charge on any atom is 0.220 e. The number of ether oxygens (including phenoxy) is 4. The van der Waals surface area contributed by atoms with Crippen molar-refractivity contribution in [3.8, 4) is 0 Å². The third-order valence-corrected chi connectivity index (χ3v) is 15.8. The molecule has 14 heteroatoms. The van der Waals surface area contributed by atoms with Gasteiger partial charge in [-0.1, -0.05) is 256 Å². The summed E-state index contributed by atoms with van der Waals surface area (Å²) in [4.78, 5) is 13.3. The number of hydrogen-bond donors (Lipinski definition) is 9. The normalized spacial score (nSPS) is 24.7. The fraction of sp³-hybridized carbons (Fsp3) is 0.891. The summed E-state index contributed by atoms with van der Waals surface area (Å²) in [5, 5.41) is 87.2. The van der Waals surface area contributed by atoms with Crippen molar-refractivity contribution in [3.05, 3.63) is 36.5 Å².